The van der Waals surface area contributed by atoms with E-state index in [0.29, 0.717) is 0 Å². The summed E-state index contributed by atoms with van der Waals surface area (Å²) < 4.78 is 5.50. The van der Waals surface area contributed by atoms with Gasteiger partial charge in [0.1, 0.15) is 5.60 Å². The number of ether oxygens (including phenoxy) is 1. The third kappa shape index (κ3) is 5.41. The van der Waals surface area contributed by atoms with Crippen LogP contribution >= 0.6 is 15.9 Å². The summed E-state index contributed by atoms with van der Waals surface area (Å²) in [5, 5.41) is 1.09. The maximum Gasteiger partial charge on any atom is 0.312 e. The number of hydrogen-bond donors (Lipinski definition) is 0. The summed E-state index contributed by atoms with van der Waals surface area (Å²) in [7, 11) is 0. The molecule has 0 spiro atoms. The molecule has 1 saturated carbocycles. The first-order valence-corrected chi connectivity index (χ1v) is 7.81. The van der Waals surface area contributed by atoms with E-state index >= 15 is 0 Å². The molecule has 1 aliphatic rings. The Bertz CT molecular complexity index is 251. The van der Waals surface area contributed by atoms with E-state index in [2.05, 4.69) is 15.9 Å². The van der Waals surface area contributed by atoms with E-state index in [1.807, 2.05) is 20.8 Å². The third-order valence-electron chi connectivity index (χ3n) is 3.22. The van der Waals surface area contributed by atoms with E-state index in [9.17, 15) is 4.79 Å². The van der Waals surface area contributed by atoms with Gasteiger partial charge in [0.2, 0.25) is 0 Å². The normalized spacial score (nSPS) is 17.9. The number of hydrogen-bond acceptors (Lipinski definition) is 2. The van der Waals surface area contributed by atoms with Crippen molar-refractivity contribution in [1.82, 2.24) is 0 Å². The van der Waals surface area contributed by atoms with Gasteiger partial charge in [-0.1, -0.05) is 35.2 Å². The molecule has 0 radical (unpaired) electrons. The van der Waals surface area contributed by atoms with E-state index in [4.69, 9.17) is 4.74 Å². The predicted octanol–water partition coefficient (Wildman–Crippen LogP) is 4.45. The number of alkyl halides is 1. The summed E-state index contributed by atoms with van der Waals surface area (Å²) >= 11 is 3.44. The van der Waals surface area contributed by atoms with Crippen LogP contribution in [0.15, 0.2) is 0 Å². The fourth-order valence-electron chi connectivity index (χ4n) is 2.00. The minimum absolute atomic E-state index is 0.0329. The van der Waals surface area contributed by atoms with E-state index in [-0.39, 0.29) is 17.0 Å². The Morgan fingerprint density at radius 3 is 2.24 bits per heavy atom. The van der Waals surface area contributed by atoms with Crippen LogP contribution in [0.2, 0.25) is 0 Å². The molecule has 0 N–H and O–H groups in total. The number of rotatable bonds is 7. The van der Waals surface area contributed by atoms with Crippen molar-refractivity contribution < 1.29 is 9.53 Å². The number of esters is 1. The Morgan fingerprint density at radius 2 is 1.76 bits per heavy atom. The van der Waals surface area contributed by atoms with Gasteiger partial charge in [0.05, 0.1) is 5.41 Å². The zero-order valence-electron chi connectivity index (χ0n) is 11.4. The van der Waals surface area contributed by atoms with E-state index < -0.39 is 0 Å². The van der Waals surface area contributed by atoms with E-state index in [1.54, 1.807) is 0 Å². The molecular formula is C14H25BrO2. The van der Waals surface area contributed by atoms with Gasteiger partial charge in [0.25, 0.3) is 0 Å². The fourth-order valence-corrected chi connectivity index (χ4v) is 2.40. The zero-order chi connectivity index (χ0) is 12.9. The van der Waals surface area contributed by atoms with Crippen LogP contribution in [0.4, 0.5) is 0 Å². The second-order valence-electron chi connectivity index (χ2n) is 6.14. The standard InChI is InChI=1S/C14H25BrO2/c1-13(2,3)17-12(16)14(9-10-14)8-6-4-5-7-11-15/h4-11H2,1-3H3. The molecule has 2 nitrogen and oxygen atoms in total. The average molecular weight is 305 g/mol. The van der Waals surface area contributed by atoms with Gasteiger partial charge in [-0.3, -0.25) is 4.79 Å². The van der Waals surface area contributed by atoms with Gasteiger partial charge in [0, 0.05) is 5.33 Å². The highest BCUT2D eigenvalue weighted by Gasteiger charge is 2.51. The van der Waals surface area contributed by atoms with Gasteiger partial charge in [0.15, 0.2) is 0 Å². The largest absolute Gasteiger partial charge is 0.460 e. The van der Waals surface area contributed by atoms with Crippen molar-refractivity contribution in [3.05, 3.63) is 0 Å². The number of halogens is 1. The summed E-state index contributed by atoms with van der Waals surface area (Å²) in [6.07, 6.45) is 7.96. The molecule has 0 bridgehead atoms. The van der Waals surface area contributed by atoms with Gasteiger partial charge >= 0.3 is 5.97 Å². The lowest BCUT2D eigenvalue weighted by Gasteiger charge is -2.23. The molecule has 0 saturated heterocycles. The third-order valence-corrected chi connectivity index (χ3v) is 3.79. The first-order chi connectivity index (χ1) is 7.90. The zero-order valence-corrected chi connectivity index (χ0v) is 12.9. The molecule has 0 unspecified atom stereocenters. The van der Waals surface area contributed by atoms with Crippen LogP contribution in [0, 0.1) is 5.41 Å². The van der Waals surface area contributed by atoms with Crippen LogP contribution in [0.5, 0.6) is 0 Å². The lowest BCUT2D eigenvalue weighted by atomic mass is 9.97. The van der Waals surface area contributed by atoms with Crippen molar-refractivity contribution in [2.45, 2.75) is 71.3 Å². The second-order valence-corrected chi connectivity index (χ2v) is 6.93. The topological polar surface area (TPSA) is 26.3 Å². The Hall–Kier alpha value is -0.0500. The lowest BCUT2D eigenvalue weighted by Crippen LogP contribution is -2.29. The van der Waals surface area contributed by atoms with Crippen LogP contribution in [0.3, 0.4) is 0 Å². The Labute approximate surface area is 114 Å². The van der Waals surface area contributed by atoms with Crippen molar-refractivity contribution in [2.75, 3.05) is 5.33 Å². The molecule has 0 heterocycles. The first-order valence-electron chi connectivity index (χ1n) is 6.69. The number of carbonyl (C=O) groups is 1. The van der Waals surface area contributed by atoms with Crippen molar-refractivity contribution in [2.24, 2.45) is 5.41 Å². The molecular weight excluding hydrogens is 280 g/mol. The van der Waals surface area contributed by atoms with Crippen molar-refractivity contribution in [3.63, 3.8) is 0 Å². The minimum Gasteiger partial charge on any atom is -0.460 e. The van der Waals surface area contributed by atoms with E-state index in [1.165, 1.54) is 19.3 Å². The average Bonchev–Trinajstić information content (AvgIpc) is 2.96. The molecule has 1 fully saturated rings. The number of carbonyl (C=O) groups excluding carboxylic acids is 1. The second kappa shape index (κ2) is 6.21. The number of unbranched alkanes of at least 4 members (excludes halogenated alkanes) is 3. The summed E-state index contributed by atoms with van der Waals surface area (Å²) in [5.74, 6) is 0.0329. The van der Waals surface area contributed by atoms with Crippen LogP contribution in [-0.2, 0) is 9.53 Å². The molecule has 0 amide bonds. The van der Waals surface area contributed by atoms with Crippen LogP contribution in [0.25, 0.3) is 0 Å². The summed E-state index contributed by atoms with van der Waals surface area (Å²) in [6.45, 7) is 5.82. The monoisotopic (exact) mass is 304 g/mol. The van der Waals surface area contributed by atoms with Gasteiger partial charge in [-0.2, -0.15) is 0 Å². The van der Waals surface area contributed by atoms with Crippen molar-refractivity contribution in [1.29, 1.82) is 0 Å². The summed E-state index contributed by atoms with van der Waals surface area (Å²) in [4.78, 5) is 12.0. The SMILES string of the molecule is CC(C)(C)OC(=O)C1(CCCCCCBr)CC1. The van der Waals surface area contributed by atoms with Gasteiger partial charge in [-0.25, -0.2) is 0 Å². The highest BCUT2D eigenvalue weighted by molar-refractivity contribution is 9.09. The highest BCUT2D eigenvalue weighted by Crippen LogP contribution is 2.51. The van der Waals surface area contributed by atoms with Crippen LogP contribution in [-0.4, -0.2) is 16.9 Å². The quantitative estimate of drug-likeness (QED) is 0.394. The van der Waals surface area contributed by atoms with Crippen LogP contribution < -0.4 is 0 Å². The van der Waals surface area contributed by atoms with Gasteiger partial charge in [-0.15, -0.1) is 0 Å². The minimum atomic E-state index is -0.345. The Balaban J connectivity index is 2.24. The first kappa shape index (κ1) is 15.0. The predicted molar refractivity (Wildman–Crippen MR) is 74.4 cm³/mol. The molecule has 1 aliphatic carbocycles. The lowest BCUT2D eigenvalue weighted by molar-refractivity contribution is -0.162. The van der Waals surface area contributed by atoms with E-state index in [0.717, 1.165) is 31.0 Å². The summed E-state index contributed by atoms with van der Waals surface area (Å²) in [6, 6.07) is 0. The summed E-state index contributed by atoms with van der Waals surface area (Å²) in [5.41, 5.74) is -0.454. The van der Waals surface area contributed by atoms with Crippen molar-refractivity contribution in [3.8, 4) is 0 Å². The van der Waals surface area contributed by atoms with Crippen molar-refractivity contribution >= 4 is 21.9 Å². The molecule has 0 aromatic heterocycles. The molecule has 100 valence electrons. The Morgan fingerprint density at radius 1 is 1.18 bits per heavy atom. The van der Waals surface area contributed by atoms with Crippen LogP contribution in [0.1, 0.15) is 65.7 Å². The maximum atomic E-state index is 12.0. The molecule has 3 heteroatoms. The van der Waals surface area contributed by atoms with Gasteiger partial charge in [-0.05, 0) is 46.5 Å². The maximum absolute atomic E-state index is 12.0. The van der Waals surface area contributed by atoms with Gasteiger partial charge < -0.3 is 4.74 Å². The molecule has 1 rings (SSSR count). The molecule has 0 aliphatic heterocycles. The highest BCUT2D eigenvalue weighted by atomic mass is 79.9. The molecule has 0 aromatic rings. The molecule has 0 aromatic carbocycles. The molecule has 17 heavy (non-hydrogen) atoms. The smallest absolute Gasteiger partial charge is 0.312 e. The Kier molecular flexibility index (Phi) is 5.49. The molecule has 0 atom stereocenters. The fraction of sp³-hybridized carbons (Fsp3) is 0.929.